The Balaban J connectivity index is 2.93. The molecule has 0 spiro atoms. The first-order valence-corrected chi connectivity index (χ1v) is 3.31. The average Bonchev–Trinajstić information content (AvgIpc) is 2.04. The predicted molar refractivity (Wildman–Crippen MR) is 39.3 cm³/mol. The van der Waals surface area contributed by atoms with E-state index in [2.05, 4.69) is 0 Å². The molecule has 2 N–H and O–H groups in total. The molecule has 0 heterocycles. The van der Waals surface area contributed by atoms with Gasteiger partial charge < -0.3 is 5.73 Å². The van der Waals surface area contributed by atoms with Gasteiger partial charge in [0.1, 0.15) is 12.5 Å². The summed E-state index contributed by atoms with van der Waals surface area (Å²) in [6.07, 6.45) is 0. The van der Waals surface area contributed by atoms with Crippen LogP contribution in [0.5, 0.6) is 0 Å². The average molecular weight is 157 g/mol. The number of alkyl halides is 1. The molecule has 0 aliphatic carbocycles. The molecule has 1 nitrogen and oxygen atoms in total. The first kappa shape index (κ1) is 8.14. The molecule has 1 atom stereocenters. The van der Waals surface area contributed by atoms with Crippen molar-refractivity contribution in [3.63, 3.8) is 0 Å². The van der Waals surface area contributed by atoms with Gasteiger partial charge in [-0.25, -0.2) is 8.78 Å². The molecule has 0 aromatic heterocycles. The molecule has 1 aromatic carbocycles. The molecule has 11 heavy (non-hydrogen) atoms. The van der Waals surface area contributed by atoms with E-state index < -0.39 is 18.5 Å². The normalized spacial score (nSPS) is 13.0. The van der Waals surface area contributed by atoms with Gasteiger partial charge in [0.05, 0.1) is 6.04 Å². The van der Waals surface area contributed by atoms with Gasteiger partial charge in [-0.1, -0.05) is 18.2 Å². The third-order valence-corrected chi connectivity index (χ3v) is 1.47. The topological polar surface area (TPSA) is 26.0 Å². The molecule has 60 valence electrons. The number of nitrogens with two attached hydrogens (primary N) is 1. The van der Waals surface area contributed by atoms with Gasteiger partial charge in [-0.2, -0.15) is 0 Å². The second kappa shape index (κ2) is 3.44. The Hall–Kier alpha value is -0.960. The third kappa shape index (κ3) is 1.74. The first-order chi connectivity index (χ1) is 5.25. The predicted octanol–water partition coefficient (Wildman–Crippen LogP) is 1.79. The van der Waals surface area contributed by atoms with E-state index >= 15 is 0 Å². The monoisotopic (exact) mass is 157 g/mol. The molecule has 0 bridgehead atoms. The van der Waals surface area contributed by atoms with Crippen molar-refractivity contribution in [1.82, 2.24) is 0 Å². The quantitative estimate of drug-likeness (QED) is 0.695. The zero-order valence-electron chi connectivity index (χ0n) is 5.93. The molecule has 1 unspecified atom stereocenters. The van der Waals surface area contributed by atoms with Crippen LogP contribution < -0.4 is 5.73 Å². The molecule has 0 aliphatic heterocycles. The van der Waals surface area contributed by atoms with Crippen LogP contribution in [0.1, 0.15) is 11.6 Å². The van der Waals surface area contributed by atoms with Gasteiger partial charge in [0.25, 0.3) is 0 Å². The van der Waals surface area contributed by atoms with Crippen LogP contribution in [0.25, 0.3) is 0 Å². The molecule has 0 saturated carbocycles. The van der Waals surface area contributed by atoms with Crippen LogP contribution in [-0.4, -0.2) is 6.67 Å². The highest BCUT2D eigenvalue weighted by Crippen LogP contribution is 2.14. The Kier molecular flexibility index (Phi) is 2.54. The van der Waals surface area contributed by atoms with Gasteiger partial charge in [-0.3, -0.25) is 0 Å². The fourth-order valence-corrected chi connectivity index (χ4v) is 0.859. The molecule has 3 heteroatoms. The number of hydrogen-bond acceptors (Lipinski definition) is 1. The van der Waals surface area contributed by atoms with E-state index in [0.29, 0.717) is 0 Å². The lowest BCUT2D eigenvalue weighted by Gasteiger charge is -2.06. The fourth-order valence-electron chi connectivity index (χ4n) is 0.859. The van der Waals surface area contributed by atoms with Gasteiger partial charge in [-0.05, 0) is 6.07 Å². The van der Waals surface area contributed by atoms with Crippen LogP contribution >= 0.6 is 0 Å². The van der Waals surface area contributed by atoms with E-state index in [4.69, 9.17) is 5.73 Å². The summed E-state index contributed by atoms with van der Waals surface area (Å²) in [6.45, 7) is -0.735. The Bertz CT molecular complexity index is 237. The minimum atomic E-state index is -0.837. The number of hydrogen-bond donors (Lipinski definition) is 1. The summed E-state index contributed by atoms with van der Waals surface area (Å²) in [5.41, 5.74) is 5.51. The summed E-state index contributed by atoms with van der Waals surface area (Å²) < 4.78 is 24.7. The Labute approximate surface area is 63.8 Å². The molecule has 0 fully saturated rings. The summed E-state index contributed by atoms with van der Waals surface area (Å²) >= 11 is 0. The first-order valence-electron chi connectivity index (χ1n) is 3.31. The number of halogens is 2. The van der Waals surface area contributed by atoms with Crippen LogP contribution in [0.3, 0.4) is 0 Å². The number of rotatable bonds is 2. The van der Waals surface area contributed by atoms with E-state index in [9.17, 15) is 8.78 Å². The Morgan fingerprint density at radius 1 is 1.36 bits per heavy atom. The zero-order chi connectivity index (χ0) is 8.27. The van der Waals surface area contributed by atoms with Crippen molar-refractivity contribution in [3.05, 3.63) is 35.6 Å². The molecular formula is C8H9F2N. The fraction of sp³-hybridized carbons (Fsp3) is 0.250. The molecule has 1 rings (SSSR count). The molecular weight excluding hydrogens is 148 g/mol. The Morgan fingerprint density at radius 3 is 2.55 bits per heavy atom. The summed E-state index contributed by atoms with van der Waals surface area (Å²) in [5.74, 6) is -0.447. The van der Waals surface area contributed by atoms with Gasteiger partial charge in [-0.15, -0.1) is 0 Å². The van der Waals surface area contributed by atoms with E-state index in [1.165, 1.54) is 12.1 Å². The second-order valence-electron chi connectivity index (χ2n) is 2.28. The lowest BCUT2D eigenvalue weighted by molar-refractivity contribution is 0.427. The highest BCUT2D eigenvalue weighted by Gasteiger charge is 2.08. The maximum atomic E-state index is 12.8. The molecule has 1 aromatic rings. The highest BCUT2D eigenvalue weighted by molar-refractivity contribution is 5.20. The van der Waals surface area contributed by atoms with Crippen molar-refractivity contribution in [2.75, 3.05) is 6.67 Å². The van der Waals surface area contributed by atoms with Crippen molar-refractivity contribution < 1.29 is 8.78 Å². The maximum Gasteiger partial charge on any atom is 0.128 e. The van der Waals surface area contributed by atoms with Crippen LogP contribution in [0, 0.1) is 5.82 Å². The van der Waals surface area contributed by atoms with Crippen molar-refractivity contribution in [3.8, 4) is 0 Å². The van der Waals surface area contributed by atoms with Crippen molar-refractivity contribution >= 4 is 0 Å². The van der Waals surface area contributed by atoms with Crippen LogP contribution in [0.4, 0.5) is 8.78 Å². The van der Waals surface area contributed by atoms with E-state index in [0.717, 1.165) is 0 Å². The van der Waals surface area contributed by atoms with Gasteiger partial charge in [0.15, 0.2) is 0 Å². The Morgan fingerprint density at radius 2 is 2.00 bits per heavy atom. The lowest BCUT2D eigenvalue weighted by atomic mass is 10.1. The van der Waals surface area contributed by atoms with E-state index in [-0.39, 0.29) is 5.56 Å². The summed E-state index contributed by atoms with van der Waals surface area (Å²) in [5, 5.41) is 0. The molecule has 0 radical (unpaired) electrons. The van der Waals surface area contributed by atoms with Crippen molar-refractivity contribution in [1.29, 1.82) is 0 Å². The van der Waals surface area contributed by atoms with Crippen LogP contribution in [-0.2, 0) is 0 Å². The lowest BCUT2D eigenvalue weighted by Crippen LogP contribution is -2.13. The highest BCUT2D eigenvalue weighted by atomic mass is 19.1. The SMILES string of the molecule is NC(CF)c1ccccc1F. The minimum absolute atomic E-state index is 0.231. The van der Waals surface area contributed by atoms with E-state index in [1.807, 2.05) is 0 Å². The smallest absolute Gasteiger partial charge is 0.128 e. The van der Waals surface area contributed by atoms with Crippen molar-refractivity contribution in [2.45, 2.75) is 6.04 Å². The summed E-state index contributed by atoms with van der Waals surface area (Å²) in [6, 6.07) is 5.10. The largest absolute Gasteiger partial charge is 0.322 e. The summed E-state index contributed by atoms with van der Waals surface area (Å²) in [7, 11) is 0. The van der Waals surface area contributed by atoms with Gasteiger partial charge in [0.2, 0.25) is 0 Å². The third-order valence-electron chi connectivity index (χ3n) is 1.47. The van der Waals surface area contributed by atoms with Gasteiger partial charge in [0, 0.05) is 5.56 Å². The molecule has 0 amide bonds. The standard InChI is InChI=1S/C8H9F2N/c9-5-8(11)6-3-1-2-4-7(6)10/h1-4,8H,5,11H2. The minimum Gasteiger partial charge on any atom is -0.322 e. The van der Waals surface area contributed by atoms with Crippen molar-refractivity contribution in [2.24, 2.45) is 5.73 Å². The molecule has 0 aliphatic rings. The summed E-state index contributed by atoms with van der Waals surface area (Å²) in [4.78, 5) is 0. The van der Waals surface area contributed by atoms with Crippen LogP contribution in [0.2, 0.25) is 0 Å². The second-order valence-corrected chi connectivity index (χ2v) is 2.28. The van der Waals surface area contributed by atoms with E-state index in [1.54, 1.807) is 12.1 Å². The van der Waals surface area contributed by atoms with Gasteiger partial charge >= 0.3 is 0 Å². The zero-order valence-corrected chi connectivity index (χ0v) is 5.93. The maximum absolute atomic E-state index is 12.8. The number of benzene rings is 1. The molecule has 0 saturated heterocycles. The van der Waals surface area contributed by atoms with Crippen LogP contribution in [0.15, 0.2) is 24.3 Å².